The number of aryl methyl sites for hydroxylation is 1. The first kappa shape index (κ1) is 22.7. The summed E-state index contributed by atoms with van der Waals surface area (Å²) < 4.78 is 16.5. The molecule has 0 bridgehead atoms. The van der Waals surface area contributed by atoms with Crippen LogP contribution in [0.15, 0.2) is 48.5 Å². The average Bonchev–Trinajstić information content (AvgIpc) is 3.20. The normalized spacial score (nSPS) is 14.5. The lowest BCUT2D eigenvalue weighted by Gasteiger charge is -2.26. The molecule has 2 aromatic rings. The van der Waals surface area contributed by atoms with Gasteiger partial charge in [0.25, 0.3) is 0 Å². The standard InChI is InChI=1S/C26H31NO4/c1-26(2,3)31-25(28)22(12-8-7-11-19-9-5-4-6-10-19)21(17-27)15-20-13-14-23-24(16-20)30-18-29-23/h4-6,9-10,13-14,16,21-22H,7-8,11-12,15,18H2,1-3H3/t21-,22+/m1/s1. The van der Waals surface area contributed by atoms with Gasteiger partial charge in [0.2, 0.25) is 6.79 Å². The van der Waals surface area contributed by atoms with Gasteiger partial charge in [-0.1, -0.05) is 42.8 Å². The lowest BCUT2D eigenvalue weighted by Crippen LogP contribution is -2.33. The van der Waals surface area contributed by atoms with Gasteiger partial charge in [-0.3, -0.25) is 4.79 Å². The maximum absolute atomic E-state index is 13.0. The molecule has 2 aromatic carbocycles. The van der Waals surface area contributed by atoms with Crippen molar-refractivity contribution in [3.05, 3.63) is 59.7 Å². The van der Waals surface area contributed by atoms with Crippen LogP contribution in [0.2, 0.25) is 0 Å². The van der Waals surface area contributed by atoms with Crippen LogP contribution in [0.4, 0.5) is 0 Å². The number of ether oxygens (including phenoxy) is 3. The minimum atomic E-state index is -0.585. The molecule has 31 heavy (non-hydrogen) atoms. The van der Waals surface area contributed by atoms with Crippen LogP contribution < -0.4 is 9.47 Å². The molecule has 0 amide bonds. The van der Waals surface area contributed by atoms with Crippen molar-refractivity contribution in [3.63, 3.8) is 0 Å². The highest BCUT2D eigenvalue weighted by Crippen LogP contribution is 2.34. The van der Waals surface area contributed by atoms with E-state index in [2.05, 4.69) is 18.2 Å². The summed E-state index contributed by atoms with van der Waals surface area (Å²) in [5.74, 6) is 0.171. The van der Waals surface area contributed by atoms with Gasteiger partial charge in [-0.15, -0.1) is 0 Å². The van der Waals surface area contributed by atoms with E-state index in [-0.39, 0.29) is 12.8 Å². The SMILES string of the molecule is CC(C)(C)OC(=O)[C@@H](CCCCc1ccccc1)[C@@H](C#N)Cc1ccc2c(c1)OCO2. The van der Waals surface area contributed by atoms with E-state index in [0.717, 1.165) is 24.8 Å². The molecule has 0 spiro atoms. The highest BCUT2D eigenvalue weighted by Gasteiger charge is 2.32. The van der Waals surface area contributed by atoms with Crippen molar-refractivity contribution < 1.29 is 19.0 Å². The van der Waals surface area contributed by atoms with Crippen LogP contribution in [-0.2, 0) is 22.4 Å². The summed E-state index contributed by atoms with van der Waals surface area (Å²) in [5, 5.41) is 9.92. The second-order valence-electron chi connectivity index (χ2n) is 9.00. The average molecular weight is 422 g/mol. The van der Waals surface area contributed by atoms with Crippen LogP contribution in [0.3, 0.4) is 0 Å². The highest BCUT2D eigenvalue weighted by atomic mass is 16.7. The van der Waals surface area contributed by atoms with Gasteiger partial charge in [-0.2, -0.15) is 5.26 Å². The molecule has 3 rings (SSSR count). The van der Waals surface area contributed by atoms with Crippen molar-refractivity contribution >= 4 is 5.97 Å². The van der Waals surface area contributed by atoms with Crippen LogP contribution in [0.5, 0.6) is 11.5 Å². The molecule has 0 saturated heterocycles. The van der Waals surface area contributed by atoms with Gasteiger partial charge < -0.3 is 14.2 Å². The van der Waals surface area contributed by atoms with Crippen molar-refractivity contribution in [2.45, 2.75) is 58.5 Å². The number of unbranched alkanes of at least 4 members (excludes halogenated alkanes) is 1. The molecule has 1 aliphatic rings. The van der Waals surface area contributed by atoms with E-state index in [4.69, 9.17) is 14.2 Å². The second-order valence-corrected chi connectivity index (χ2v) is 9.00. The number of nitriles is 1. The predicted octanol–water partition coefficient (Wildman–Crippen LogP) is 5.47. The molecule has 0 aromatic heterocycles. The van der Waals surface area contributed by atoms with Crippen molar-refractivity contribution in [3.8, 4) is 17.6 Å². The van der Waals surface area contributed by atoms with Crippen LogP contribution in [0, 0.1) is 23.2 Å². The predicted molar refractivity (Wildman–Crippen MR) is 119 cm³/mol. The van der Waals surface area contributed by atoms with Gasteiger partial charge >= 0.3 is 5.97 Å². The molecule has 0 fully saturated rings. The largest absolute Gasteiger partial charge is 0.460 e. The van der Waals surface area contributed by atoms with Crippen LogP contribution >= 0.6 is 0 Å². The topological polar surface area (TPSA) is 68.6 Å². The zero-order valence-electron chi connectivity index (χ0n) is 18.6. The van der Waals surface area contributed by atoms with Crippen molar-refractivity contribution in [1.29, 1.82) is 5.26 Å². The molecular weight excluding hydrogens is 390 g/mol. The van der Waals surface area contributed by atoms with Crippen LogP contribution in [0.25, 0.3) is 0 Å². The summed E-state index contributed by atoms with van der Waals surface area (Å²) >= 11 is 0. The lowest BCUT2D eigenvalue weighted by molar-refractivity contribution is -0.161. The van der Waals surface area contributed by atoms with E-state index in [9.17, 15) is 10.1 Å². The summed E-state index contributed by atoms with van der Waals surface area (Å²) in [6.07, 6.45) is 3.88. The van der Waals surface area contributed by atoms with Gasteiger partial charge in [-0.05, 0) is 69.7 Å². The van der Waals surface area contributed by atoms with E-state index in [0.29, 0.717) is 24.3 Å². The summed E-state index contributed by atoms with van der Waals surface area (Å²) in [6.45, 7) is 5.78. The first-order valence-corrected chi connectivity index (χ1v) is 10.9. The molecule has 5 heteroatoms. The molecule has 0 aliphatic carbocycles. The minimum absolute atomic E-state index is 0.211. The molecule has 0 unspecified atom stereocenters. The fourth-order valence-electron chi connectivity index (χ4n) is 3.80. The van der Waals surface area contributed by atoms with E-state index in [1.54, 1.807) is 0 Å². The Morgan fingerprint density at radius 3 is 2.52 bits per heavy atom. The molecule has 164 valence electrons. The first-order chi connectivity index (χ1) is 14.9. The Balaban J connectivity index is 1.67. The zero-order chi connectivity index (χ0) is 22.3. The Bertz CT molecular complexity index is 911. The Hall–Kier alpha value is -3.00. The van der Waals surface area contributed by atoms with Crippen molar-refractivity contribution in [1.82, 2.24) is 0 Å². The summed E-state index contributed by atoms with van der Waals surface area (Å²) in [6, 6.07) is 18.4. The Kier molecular flexibility index (Phi) is 7.57. The molecule has 0 radical (unpaired) electrons. The van der Waals surface area contributed by atoms with Crippen molar-refractivity contribution in [2.75, 3.05) is 6.79 Å². The minimum Gasteiger partial charge on any atom is -0.460 e. The molecule has 5 nitrogen and oxygen atoms in total. The molecule has 2 atom stereocenters. The quantitative estimate of drug-likeness (QED) is 0.397. The Morgan fingerprint density at radius 2 is 1.81 bits per heavy atom. The number of rotatable bonds is 9. The molecule has 0 saturated carbocycles. The molecule has 1 heterocycles. The maximum Gasteiger partial charge on any atom is 0.310 e. The molecular formula is C26H31NO4. The lowest BCUT2D eigenvalue weighted by atomic mass is 9.84. The third-order valence-electron chi connectivity index (χ3n) is 5.33. The molecule has 1 aliphatic heterocycles. The molecule has 0 N–H and O–H groups in total. The maximum atomic E-state index is 13.0. The number of nitrogens with zero attached hydrogens (tertiary/aromatic N) is 1. The Labute approximate surface area is 184 Å². The summed E-state index contributed by atoms with van der Waals surface area (Å²) in [7, 11) is 0. The van der Waals surface area contributed by atoms with E-state index in [1.165, 1.54) is 5.56 Å². The van der Waals surface area contributed by atoms with Gasteiger partial charge in [0.1, 0.15) is 5.60 Å². The van der Waals surface area contributed by atoms with Crippen molar-refractivity contribution in [2.24, 2.45) is 11.8 Å². The smallest absolute Gasteiger partial charge is 0.310 e. The van der Waals surface area contributed by atoms with Gasteiger partial charge in [0, 0.05) is 0 Å². The number of benzene rings is 2. The number of hydrogen-bond donors (Lipinski definition) is 0. The number of esters is 1. The number of hydrogen-bond acceptors (Lipinski definition) is 5. The monoisotopic (exact) mass is 421 g/mol. The van der Waals surface area contributed by atoms with E-state index < -0.39 is 17.4 Å². The Morgan fingerprint density at radius 1 is 1.06 bits per heavy atom. The highest BCUT2D eigenvalue weighted by molar-refractivity contribution is 5.73. The summed E-state index contributed by atoms with van der Waals surface area (Å²) in [5.41, 5.74) is 1.65. The fourth-order valence-corrected chi connectivity index (χ4v) is 3.80. The fraction of sp³-hybridized carbons (Fsp3) is 0.462. The van der Waals surface area contributed by atoms with Gasteiger partial charge in [-0.25, -0.2) is 0 Å². The number of fused-ring (bicyclic) bond motifs is 1. The number of carbonyl (C=O) groups is 1. The first-order valence-electron chi connectivity index (χ1n) is 10.9. The third kappa shape index (κ3) is 6.75. The zero-order valence-corrected chi connectivity index (χ0v) is 18.6. The third-order valence-corrected chi connectivity index (χ3v) is 5.33. The number of carbonyl (C=O) groups excluding carboxylic acids is 1. The van der Waals surface area contributed by atoms with E-state index >= 15 is 0 Å². The van der Waals surface area contributed by atoms with Crippen LogP contribution in [-0.4, -0.2) is 18.4 Å². The van der Waals surface area contributed by atoms with Crippen LogP contribution in [0.1, 0.15) is 51.2 Å². The van der Waals surface area contributed by atoms with E-state index in [1.807, 2.05) is 57.2 Å². The van der Waals surface area contributed by atoms with Gasteiger partial charge in [0.15, 0.2) is 11.5 Å². The van der Waals surface area contributed by atoms with Gasteiger partial charge in [0.05, 0.1) is 17.9 Å². The second kappa shape index (κ2) is 10.3. The summed E-state index contributed by atoms with van der Waals surface area (Å²) in [4.78, 5) is 13.0.